The quantitative estimate of drug-likeness (QED) is 0.125. The highest BCUT2D eigenvalue weighted by Gasteiger charge is 2.11. The molecule has 0 saturated carbocycles. The van der Waals surface area contributed by atoms with Crippen molar-refractivity contribution in [1.29, 1.82) is 0 Å². The fourth-order valence-corrected chi connectivity index (χ4v) is 5.99. The molecule has 0 spiro atoms. The smallest absolute Gasteiger partial charge is 0.358 e. The van der Waals surface area contributed by atoms with Gasteiger partial charge in [-0.2, -0.15) is 15.3 Å². The zero-order valence-electron chi connectivity index (χ0n) is 36.3. The van der Waals surface area contributed by atoms with Crippen molar-refractivity contribution in [3.05, 3.63) is 202 Å². The second-order valence-electron chi connectivity index (χ2n) is 13.6. The van der Waals surface area contributed by atoms with E-state index in [1.165, 1.54) is 58.4 Å². The Balaban J connectivity index is 0.000000204. The normalized spacial score (nSPS) is 10.2. The van der Waals surface area contributed by atoms with Crippen LogP contribution in [0, 0.1) is 0 Å². The molecule has 66 heavy (non-hydrogen) atoms. The van der Waals surface area contributed by atoms with Crippen molar-refractivity contribution in [1.82, 2.24) is 39.3 Å². The van der Waals surface area contributed by atoms with Crippen molar-refractivity contribution in [3.8, 4) is 0 Å². The number of pyridine rings is 2. The van der Waals surface area contributed by atoms with Crippen molar-refractivity contribution < 1.29 is 24.2 Å². The minimum Gasteiger partial charge on any atom is -0.476 e. The van der Waals surface area contributed by atoms with Gasteiger partial charge in [-0.3, -0.25) is 19.2 Å². The molecule has 0 aliphatic carbocycles. The maximum Gasteiger partial charge on any atom is 0.358 e. The molecule has 0 aliphatic rings. The summed E-state index contributed by atoms with van der Waals surface area (Å²) in [5.41, 5.74) is 9.34. The number of benzene rings is 2. The molecule has 0 aliphatic heterocycles. The lowest BCUT2D eigenvalue weighted by Gasteiger charge is -2.07. The van der Waals surface area contributed by atoms with E-state index < -0.39 is 17.8 Å². The molecule has 7 rings (SSSR count). The molecule has 5 aromatic heterocycles. The van der Waals surface area contributed by atoms with Crippen LogP contribution in [-0.4, -0.2) is 69.4 Å². The summed E-state index contributed by atoms with van der Waals surface area (Å²) in [5.74, 6) is -1.12. The van der Waals surface area contributed by atoms with Gasteiger partial charge in [-0.1, -0.05) is 59.6 Å². The second kappa shape index (κ2) is 25.5. The van der Waals surface area contributed by atoms with E-state index in [-0.39, 0.29) is 33.8 Å². The summed E-state index contributed by atoms with van der Waals surface area (Å²) in [7, 11) is 1.27. The summed E-state index contributed by atoms with van der Waals surface area (Å²) in [5, 5.41) is 24.1. The number of halogens is 2. The number of aryl methyl sites for hydroxylation is 3. The van der Waals surface area contributed by atoms with Crippen LogP contribution in [-0.2, 0) is 37.2 Å². The van der Waals surface area contributed by atoms with Crippen LogP contribution >= 0.6 is 23.2 Å². The SMILES string of the molecule is CCn1nc(C(=O)Nc2ccc(Cc3cccc(Cl)c3)cn2)ccc1=O.CCn1nc(C(=O)O)ccc1=O.CCn1nc(C(=O)OC)ccc1=O.Nc1ccc(Cc2cccc(Cl)c2)cn1. The first-order chi connectivity index (χ1) is 31.6. The van der Waals surface area contributed by atoms with Crippen LogP contribution in [0.1, 0.15) is 74.5 Å². The van der Waals surface area contributed by atoms with Crippen LogP contribution in [0.5, 0.6) is 0 Å². The van der Waals surface area contributed by atoms with Crippen molar-refractivity contribution in [3.63, 3.8) is 0 Å². The molecule has 7 aromatic rings. The summed E-state index contributed by atoms with van der Waals surface area (Å²) in [6, 6.07) is 30.6. The molecule has 0 radical (unpaired) electrons. The molecule has 18 nitrogen and oxygen atoms in total. The average molecular weight is 938 g/mol. The van der Waals surface area contributed by atoms with Gasteiger partial charge in [0.25, 0.3) is 22.6 Å². The highest BCUT2D eigenvalue weighted by Crippen LogP contribution is 2.16. The fourth-order valence-electron chi connectivity index (χ4n) is 5.56. The van der Waals surface area contributed by atoms with E-state index >= 15 is 0 Å². The lowest BCUT2D eigenvalue weighted by atomic mass is 10.1. The molecule has 0 atom stereocenters. The largest absolute Gasteiger partial charge is 0.476 e. The maximum absolute atomic E-state index is 12.3. The van der Waals surface area contributed by atoms with Crippen molar-refractivity contribution in [2.75, 3.05) is 18.2 Å². The van der Waals surface area contributed by atoms with Crippen LogP contribution in [0.15, 0.2) is 136 Å². The Labute approximate surface area is 388 Å². The summed E-state index contributed by atoms with van der Waals surface area (Å²) in [6.07, 6.45) is 5.02. The Bertz CT molecular complexity index is 2920. The number of anilines is 2. The number of carbonyl (C=O) groups is 3. The molecule has 0 saturated heterocycles. The number of esters is 1. The summed E-state index contributed by atoms with van der Waals surface area (Å²) in [4.78, 5) is 75.5. The Morgan fingerprint density at radius 1 is 0.606 bits per heavy atom. The van der Waals surface area contributed by atoms with Crippen molar-refractivity contribution in [2.24, 2.45) is 0 Å². The predicted molar refractivity (Wildman–Crippen MR) is 250 cm³/mol. The number of nitrogen functional groups attached to an aromatic ring is 1. The van der Waals surface area contributed by atoms with Gasteiger partial charge in [0.15, 0.2) is 11.4 Å². The molecule has 0 bridgehead atoms. The zero-order chi connectivity index (χ0) is 48.2. The van der Waals surface area contributed by atoms with E-state index in [4.69, 9.17) is 34.0 Å². The van der Waals surface area contributed by atoms with E-state index in [9.17, 15) is 28.8 Å². The van der Waals surface area contributed by atoms with Gasteiger partial charge in [0.1, 0.15) is 17.3 Å². The first-order valence-corrected chi connectivity index (χ1v) is 20.9. The summed E-state index contributed by atoms with van der Waals surface area (Å²) < 4.78 is 7.99. The standard InChI is InChI=1S/C19H17ClN4O2.C12H11ClN2.C8H10N2O3.C7H8N2O3/c1-2-24-18(25)9-7-16(23-24)19(26)22-17-8-6-14(12-21-17)10-13-4-3-5-15(20)11-13;13-11-3-1-2-9(7-11)6-10-4-5-12(14)15-8-10;1-3-10-7(11)5-4-6(9-10)8(12)13-2;1-2-9-6(10)4-3-5(8-9)7(11)12/h3-9,11-12H,2,10H2,1H3,(H,21,22,26);1-5,7-8H,6H2,(H2,14,15);4-5H,3H2,1-2H3;3-4H,2H2,1H3,(H,11,12). The lowest BCUT2D eigenvalue weighted by molar-refractivity contribution is 0.0589. The first kappa shape index (κ1) is 50.8. The number of amides is 1. The third kappa shape index (κ3) is 16.1. The van der Waals surface area contributed by atoms with E-state index in [2.05, 4.69) is 35.3 Å². The third-order valence-electron chi connectivity index (χ3n) is 8.85. The second-order valence-corrected chi connectivity index (χ2v) is 14.5. The number of carboxylic acids is 1. The van der Waals surface area contributed by atoms with Gasteiger partial charge >= 0.3 is 11.9 Å². The number of carbonyl (C=O) groups excluding carboxylic acids is 2. The monoisotopic (exact) mass is 936 g/mol. The number of aromatic carboxylic acids is 1. The van der Waals surface area contributed by atoms with Crippen molar-refractivity contribution in [2.45, 2.75) is 53.2 Å². The molecule has 1 amide bonds. The number of aromatic nitrogens is 8. The number of methoxy groups -OCH3 is 1. The van der Waals surface area contributed by atoms with Gasteiger partial charge in [0, 0.05) is 60.3 Å². The molecule has 0 unspecified atom stereocenters. The Morgan fingerprint density at radius 3 is 1.48 bits per heavy atom. The number of rotatable bonds is 11. The van der Waals surface area contributed by atoms with Crippen molar-refractivity contribution >= 4 is 52.7 Å². The van der Waals surface area contributed by atoms with E-state index in [0.717, 1.165) is 32.8 Å². The molecule has 20 heteroatoms. The van der Waals surface area contributed by atoms with Crippen LogP contribution < -0.4 is 27.7 Å². The van der Waals surface area contributed by atoms with Gasteiger partial charge in [-0.05, 0) is 110 Å². The molecule has 0 fully saturated rings. The molecular weight excluding hydrogens is 891 g/mol. The number of nitrogens with one attached hydrogen (secondary N) is 1. The van der Waals surface area contributed by atoms with Crippen LogP contribution in [0.25, 0.3) is 0 Å². The van der Waals surface area contributed by atoms with Gasteiger partial charge in [-0.25, -0.2) is 33.6 Å². The van der Waals surface area contributed by atoms with Crippen LogP contribution in [0.4, 0.5) is 11.6 Å². The predicted octanol–water partition coefficient (Wildman–Crippen LogP) is 6.07. The van der Waals surface area contributed by atoms with E-state index in [1.807, 2.05) is 60.7 Å². The molecule has 5 heterocycles. The number of hydrogen-bond acceptors (Lipinski definition) is 13. The summed E-state index contributed by atoms with van der Waals surface area (Å²) >= 11 is 11.9. The highest BCUT2D eigenvalue weighted by atomic mass is 35.5. The molecule has 342 valence electrons. The summed E-state index contributed by atoms with van der Waals surface area (Å²) in [6.45, 7) is 6.49. The van der Waals surface area contributed by atoms with E-state index in [1.54, 1.807) is 45.3 Å². The third-order valence-corrected chi connectivity index (χ3v) is 9.32. The van der Waals surface area contributed by atoms with Gasteiger partial charge in [-0.15, -0.1) is 0 Å². The Hall–Kier alpha value is -7.83. The minimum absolute atomic E-state index is 0.114. The lowest BCUT2D eigenvalue weighted by Crippen LogP contribution is -2.25. The number of nitrogens with two attached hydrogens (primary N) is 1. The van der Waals surface area contributed by atoms with Gasteiger partial charge in [0.2, 0.25) is 0 Å². The number of hydrogen-bond donors (Lipinski definition) is 3. The Kier molecular flexibility index (Phi) is 19.6. The van der Waals surface area contributed by atoms with Crippen LogP contribution in [0.3, 0.4) is 0 Å². The van der Waals surface area contributed by atoms with E-state index in [0.29, 0.717) is 42.7 Å². The van der Waals surface area contributed by atoms with Gasteiger partial charge in [0.05, 0.1) is 7.11 Å². The average Bonchev–Trinajstić information content (AvgIpc) is 3.31. The topological polar surface area (TPSA) is 249 Å². The molecular formula is C46H46Cl2N10O8. The van der Waals surface area contributed by atoms with Gasteiger partial charge < -0.3 is 20.9 Å². The number of carboxylic acid groups (broad SMARTS) is 1. The zero-order valence-corrected chi connectivity index (χ0v) is 37.8. The minimum atomic E-state index is -1.13. The number of ether oxygens (including phenoxy) is 1. The fraction of sp³-hybridized carbons (Fsp3) is 0.196. The first-order valence-electron chi connectivity index (χ1n) is 20.1. The highest BCUT2D eigenvalue weighted by molar-refractivity contribution is 6.30. The Morgan fingerprint density at radius 2 is 1.06 bits per heavy atom. The molecule has 2 aromatic carbocycles. The molecule has 4 N–H and O–H groups in total. The van der Waals surface area contributed by atoms with Crippen LogP contribution in [0.2, 0.25) is 10.0 Å². The number of nitrogens with zero attached hydrogens (tertiary/aromatic N) is 8. The maximum atomic E-state index is 12.3.